The molecule has 0 radical (unpaired) electrons. The number of sulfonamides is 1. The van der Waals surface area contributed by atoms with Crippen molar-refractivity contribution in [2.24, 2.45) is 0 Å². The monoisotopic (exact) mass is 688 g/mol. The molecule has 1 aromatic heterocycles. The number of nitrogens with one attached hydrogen (secondary N) is 6. The number of carboxylic acids is 1. The van der Waals surface area contributed by atoms with Crippen LogP contribution < -0.4 is 26.0 Å². The molecule has 254 valence electrons. The fourth-order valence-corrected chi connectivity index (χ4v) is 6.99. The fourth-order valence-electron chi connectivity index (χ4n) is 5.53. The van der Waals surface area contributed by atoms with Crippen LogP contribution in [0.1, 0.15) is 56.9 Å². The molecule has 7 N–H and O–H groups in total. The van der Waals surface area contributed by atoms with E-state index in [0.717, 1.165) is 54.3 Å². The highest BCUT2D eigenvalue weighted by atomic mass is 32.2. The number of carbonyl (C=O) groups excluding carboxylic acids is 2. The lowest BCUT2D eigenvalue weighted by Gasteiger charge is -2.24. The van der Waals surface area contributed by atoms with Gasteiger partial charge in [-0.2, -0.15) is 4.72 Å². The topological polar surface area (TPSA) is 182 Å². The van der Waals surface area contributed by atoms with Crippen molar-refractivity contribution in [2.45, 2.75) is 80.8 Å². The third-order valence-electron chi connectivity index (χ3n) is 7.98. The number of unbranched alkanes of at least 4 members (excludes halogenated alkanes) is 1. The normalized spacial score (nSPS) is 14.7. The van der Waals surface area contributed by atoms with Crippen molar-refractivity contribution in [1.29, 1.82) is 0 Å². The van der Waals surface area contributed by atoms with E-state index in [1.54, 1.807) is 6.20 Å². The van der Waals surface area contributed by atoms with Crippen LogP contribution in [0.3, 0.4) is 0 Å². The predicted octanol–water partition coefficient (Wildman–Crippen LogP) is 2.85. The second-order valence-corrected chi connectivity index (χ2v) is 13.7. The van der Waals surface area contributed by atoms with Gasteiger partial charge in [0, 0.05) is 42.7 Å². The first-order valence-electron chi connectivity index (χ1n) is 15.7. The lowest BCUT2D eigenvalue weighted by molar-refractivity contribution is -0.136. The summed E-state index contributed by atoms with van der Waals surface area (Å²) in [6, 6.07) is 9.85. The van der Waals surface area contributed by atoms with Crippen molar-refractivity contribution >= 4 is 56.0 Å². The van der Waals surface area contributed by atoms with Crippen molar-refractivity contribution in [1.82, 2.24) is 31.0 Å². The molecule has 1 aliphatic carbocycles. The molecule has 0 saturated heterocycles. The SMILES string of the molecule is O=C(O)CCNC(=S)NCCCC[C@H](NS(=O)(=O)c1cccc(F)c1)C(=O)N[C@@H](Cc1c[nH]c2ccccc12)C(=O)NC1CCCC1. The van der Waals surface area contributed by atoms with E-state index in [1.165, 1.54) is 12.1 Å². The van der Waals surface area contributed by atoms with E-state index >= 15 is 0 Å². The average molecular weight is 689 g/mol. The van der Waals surface area contributed by atoms with Crippen molar-refractivity contribution in [3.05, 3.63) is 66.1 Å². The Bertz CT molecular complexity index is 1660. The summed E-state index contributed by atoms with van der Waals surface area (Å²) >= 11 is 5.14. The minimum absolute atomic E-state index is 0.00402. The van der Waals surface area contributed by atoms with E-state index < -0.39 is 39.8 Å². The Morgan fingerprint density at radius 3 is 2.47 bits per heavy atom. The molecule has 2 amide bonds. The van der Waals surface area contributed by atoms with Crippen LogP contribution in [0, 0.1) is 5.82 Å². The summed E-state index contributed by atoms with van der Waals surface area (Å²) in [5, 5.41) is 21.5. The van der Waals surface area contributed by atoms with Gasteiger partial charge >= 0.3 is 5.97 Å². The second-order valence-electron chi connectivity index (χ2n) is 11.6. The van der Waals surface area contributed by atoms with Gasteiger partial charge < -0.3 is 31.4 Å². The lowest BCUT2D eigenvalue weighted by Crippen LogP contribution is -2.55. The maximum Gasteiger partial charge on any atom is 0.305 e. The number of para-hydroxylation sites is 1. The Hall–Kier alpha value is -4.08. The van der Waals surface area contributed by atoms with Gasteiger partial charge in [-0.05, 0) is 74.2 Å². The molecule has 12 nitrogen and oxygen atoms in total. The number of rotatable bonds is 17. The lowest BCUT2D eigenvalue weighted by atomic mass is 10.0. The first-order valence-corrected chi connectivity index (χ1v) is 17.6. The zero-order valence-electron chi connectivity index (χ0n) is 25.9. The molecule has 0 unspecified atom stereocenters. The number of fused-ring (bicyclic) bond motifs is 1. The van der Waals surface area contributed by atoms with Crippen LogP contribution in [-0.2, 0) is 30.8 Å². The third-order valence-corrected chi connectivity index (χ3v) is 9.74. The fraction of sp³-hybridized carbons (Fsp3) is 0.438. The second kappa shape index (κ2) is 17.2. The van der Waals surface area contributed by atoms with E-state index in [4.69, 9.17) is 17.3 Å². The van der Waals surface area contributed by atoms with E-state index in [0.29, 0.717) is 19.4 Å². The third kappa shape index (κ3) is 11.0. The summed E-state index contributed by atoms with van der Waals surface area (Å²) in [7, 11) is -4.30. The molecule has 1 saturated carbocycles. The molecular weight excluding hydrogens is 648 g/mol. The van der Waals surface area contributed by atoms with Crippen molar-refractivity contribution in [3.8, 4) is 0 Å². The van der Waals surface area contributed by atoms with Crippen LogP contribution in [0.15, 0.2) is 59.6 Å². The molecule has 47 heavy (non-hydrogen) atoms. The molecule has 1 fully saturated rings. The number of aromatic nitrogens is 1. The van der Waals surface area contributed by atoms with Crippen LogP contribution in [-0.4, -0.2) is 72.6 Å². The van der Waals surface area contributed by atoms with Crippen LogP contribution in [0.2, 0.25) is 0 Å². The first-order chi connectivity index (χ1) is 22.5. The van der Waals surface area contributed by atoms with Gasteiger partial charge in [0.05, 0.1) is 11.3 Å². The number of aliphatic carboxylic acids is 1. The van der Waals surface area contributed by atoms with Gasteiger partial charge in [0.15, 0.2) is 5.11 Å². The molecule has 0 spiro atoms. The van der Waals surface area contributed by atoms with Crippen molar-refractivity contribution < 1.29 is 32.3 Å². The largest absolute Gasteiger partial charge is 0.481 e. The number of halogens is 1. The minimum Gasteiger partial charge on any atom is -0.481 e. The number of benzene rings is 2. The minimum atomic E-state index is -4.30. The number of hydrogen-bond acceptors (Lipinski definition) is 6. The number of carbonyl (C=O) groups is 3. The van der Waals surface area contributed by atoms with Gasteiger partial charge in [-0.3, -0.25) is 14.4 Å². The maximum atomic E-state index is 13.9. The zero-order valence-corrected chi connectivity index (χ0v) is 27.5. The Morgan fingerprint density at radius 1 is 0.979 bits per heavy atom. The summed E-state index contributed by atoms with van der Waals surface area (Å²) in [4.78, 5) is 40.9. The zero-order chi connectivity index (χ0) is 33.8. The Balaban J connectivity index is 1.47. The molecule has 4 rings (SSSR count). The van der Waals surface area contributed by atoms with Gasteiger partial charge in [-0.25, -0.2) is 12.8 Å². The number of H-pyrrole nitrogens is 1. The molecular formula is C32H41FN6O6S2. The molecule has 1 aliphatic rings. The average Bonchev–Trinajstić information content (AvgIpc) is 3.70. The maximum absolute atomic E-state index is 13.9. The first kappa shape index (κ1) is 35.8. The van der Waals surface area contributed by atoms with Crippen LogP contribution in [0.25, 0.3) is 10.9 Å². The van der Waals surface area contributed by atoms with Gasteiger partial charge in [-0.1, -0.05) is 37.1 Å². The summed E-state index contributed by atoms with van der Waals surface area (Å²) in [6.07, 6.45) is 6.54. The molecule has 0 aliphatic heterocycles. The Morgan fingerprint density at radius 2 is 1.72 bits per heavy atom. The van der Waals surface area contributed by atoms with E-state index in [1.807, 2.05) is 24.3 Å². The summed E-state index contributed by atoms with van der Waals surface area (Å²) < 4.78 is 42.8. The van der Waals surface area contributed by atoms with Gasteiger partial charge in [0.1, 0.15) is 17.9 Å². The molecule has 2 atom stereocenters. The van der Waals surface area contributed by atoms with Gasteiger partial charge in [0.25, 0.3) is 0 Å². The van der Waals surface area contributed by atoms with E-state index in [2.05, 4.69) is 31.0 Å². The van der Waals surface area contributed by atoms with Crippen LogP contribution >= 0.6 is 12.2 Å². The molecule has 1 heterocycles. The van der Waals surface area contributed by atoms with E-state index in [9.17, 15) is 27.2 Å². The highest BCUT2D eigenvalue weighted by Crippen LogP contribution is 2.21. The van der Waals surface area contributed by atoms with Gasteiger partial charge in [0.2, 0.25) is 21.8 Å². The smallest absolute Gasteiger partial charge is 0.305 e. The Labute approximate surface area is 278 Å². The number of hydrogen-bond donors (Lipinski definition) is 7. The summed E-state index contributed by atoms with van der Waals surface area (Å²) in [6.45, 7) is 0.552. The predicted molar refractivity (Wildman–Crippen MR) is 180 cm³/mol. The van der Waals surface area contributed by atoms with E-state index in [-0.39, 0.29) is 47.8 Å². The Kier molecular flexibility index (Phi) is 13.1. The number of carboxylic acid groups (broad SMARTS) is 1. The molecule has 3 aromatic rings. The van der Waals surface area contributed by atoms with Gasteiger partial charge in [-0.15, -0.1) is 0 Å². The van der Waals surface area contributed by atoms with Crippen molar-refractivity contribution in [2.75, 3.05) is 13.1 Å². The van der Waals surface area contributed by atoms with Crippen LogP contribution in [0.4, 0.5) is 4.39 Å². The summed E-state index contributed by atoms with van der Waals surface area (Å²) in [5.74, 6) is -2.73. The quantitative estimate of drug-likeness (QED) is 0.0829. The number of amides is 2. The molecule has 2 aromatic carbocycles. The molecule has 15 heteroatoms. The number of thiocarbonyl (C=S) groups is 1. The highest BCUT2D eigenvalue weighted by molar-refractivity contribution is 7.89. The number of aromatic amines is 1. The molecule has 0 bridgehead atoms. The van der Waals surface area contributed by atoms with Crippen LogP contribution in [0.5, 0.6) is 0 Å². The standard InChI is InChI=1S/C32H41FN6O6S2/c33-22-8-7-11-24(19-22)47(44,45)39-27(14-5-6-16-34-32(46)35-17-15-29(40)41)30(42)38-28(31(43)37-23-9-1-2-10-23)18-21-20-36-26-13-4-3-12-25(21)26/h3-4,7-8,11-13,19-20,23,27-28,36,39H,1-2,5-6,9-10,14-18H2,(H,37,43)(H,38,42)(H,40,41)(H2,34,35,46)/t27-,28-/m0/s1. The van der Waals surface area contributed by atoms with Crippen molar-refractivity contribution in [3.63, 3.8) is 0 Å². The highest BCUT2D eigenvalue weighted by Gasteiger charge is 2.31. The summed E-state index contributed by atoms with van der Waals surface area (Å²) in [5.41, 5.74) is 1.71.